The van der Waals surface area contributed by atoms with E-state index in [1.807, 2.05) is 62.6 Å². The molecular formula is C27H34Cl2N2O4. The van der Waals surface area contributed by atoms with Crippen molar-refractivity contribution < 1.29 is 19.4 Å². The van der Waals surface area contributed by atoms with Crippen molar-refractivity contribution in [2.45, 2.75) is 12.8 Å². The van der Waals surface area contributed by atoms with Gasteiger partial charge in [0.25, 0.3) is 0 Å². The van der Waals surface area contributed by atoms with Gasteiger partial charge in [-0.3, -0.25) is 9.59 Å². The van der Waals surface area contributed by atoms with Crippen LogP contribution in [0.3, 0.4) is 0 Å². The molecule has 2 saturated heterocycles. The van der Waals surface area contributed by atoms with Gasteiger partial charge in [0, 0.05) is 36.2 Å². The number of aliphatic carboxylic acids is 1. The predicted octanol–water partition coefficient (Wildman–Crippen LogP) is 4.38. The van der Waals surface area contributed by atoms with Crippen LogP contribution >= 0.6 is 23.2 Å². The van der Waals surface area contributed by atoms with Gasteiger partial charge in [-0.25, -0.2) is 0 Å². The number of methoxy groups -OCH3 is 1. The fourth-order valence-corrected chi connectivity index (χ4v) is 5.38. The summed E-state index contributed by atoms with van der Waals surface area (Å²) in [5, 5.41) is 10.6. The lowest BCUT2D eigenvalue weighted by molar-refractivity contribution is -0.146. The first kappa shape index (κ1) is 27.5. The van der Waals surface area contributed by atoms with Crippen molar-refractivity contribution in [3.8, 4) is 0 Å². The number of carboxylic acid groups (broad SMARTS) is 1. The van der Waals surface area contributed by atoms with E-state index in [0.717, 1.165) is 43.1 Å². The van der Waals surface area contributed by atoms with Crippen LogP contribution in [-0.4, -0.2) is 74.2 Å². The second kappa shape index (κ2) is 12.7. The second-order valence-corrected chi connectivity index (χ2v) is 10.6. The van der Waals surface area contributed by atoms with E-state index in [2.05, 4.69) is 9.80 Å². The number of hydrogen-bond donors (Lipinski definition) is 1. The molecule has 35 heavy (non-hydrogen) atoms. The van der Waals surface area contributed by atoms with E-state index in [1.54, 1.807) is 0 Å². The third kappa shape index (κ3) is 7.94. The summed E-state index contributed by atoms with van der Waals surface area (Å²) in [5.41, 5.74) is 2.37. The maximum absolute atomic E-state index is 11.7. The third-order valence-corrected chi connectivity index (χ3v) is 7.39. The number of hydrogen-bond acceptors (Lipinski definition) is 5. The molecule has 2 fully saturated rings. The quantitative estimate of drug-likeness (QED) is 0.570. The van der Waals surface area contributed by atoms with Gasteiger partial charge in [-0.15, -0.1) is 0 Å². The van der Waals surface area contributed by atoms with E-state index in [-0.39, 0.29) is 23.7 Å². The van der Waals surface area contributed by atoms with Crippen molar-refractivity contribution in [2.24, 2.45) is 23.7 Å². The topological polar surface area (TPSA) is 70.1 Å². The van der Waals surface area contributed by atoms with Crippen molar-refractivity contribution in [1.29, 1.82) is 0 Å². The number of ether oxygens (including phenoxy) is 1. The fraction of sp³-hybridized carbons (Fsp3) is 0.481. The molecule has 4 atom stereocenters. The fourth-order valence-electron chi connectivity index (χ4n) is 5.13. The molecule has 4 rings (SSSR count). The number of carbonyl (C=O) groups excluding carboxylic acids is 1. The summed E-state index contributed by atoms with van der Waals surface area (Å²) in [6.45, 7) is 3.21. The summed E-state index contributed by atoms with van der Waals surface area (Å²) in [5.74, 6) is -0.541. The van der Waals surface area contributed by atoms with Crippen LogP contribution in [0, 0.1) is 23.7 Å². The van der Waals surface area contributed by atoms with Gasteiger partial charge in [0.1, 0.15) is 0 Å². The van der Waals surface area contributed by atoms with Crippen LogP contribution < -0.4 is 0 Å². The molecule has 0 aliphatic carbocycles. The highest BCUT2D eigenvalue weighted by Gasteiger charge is 2.37. The Balaban J connectivity index is 0.000000196. The molecule has 2 aliphatic rings. The number of halogens is 2. The molecule has 0 spiro atoms. The average Bonchev–Trinajstić information content (AvgIpc) is 3.38. The molecule has 2 aliphatic heterocycles. The summed E-state index contributed by atoms with van der Waals surface area (Å²) >= 11 is 11.7. The van der Waals surface area contributed by atoms with Gasteiger partial charge in [-0.1, -0.05) is 47.5 Å². The van der Waals surface area contributed by atoms with Gasteiger partial charge in [0.05, 0.1) is 18.9 Å². The summed E-state index contributed by atoms with van der Waals surface area (Å²) in [4.78, 5) is 27.2. The molecule has 0 unspecified atom stereocenters. The number of nitrogens with zero attached hydrogens (tertiary/aromatic N) is 2. The lowest BCUT2D eigenvalue weighted by Gasteiger charge is -2.16. The SMILES string of the molecule is CN1C[C@H](Cc2ccc(Cl)cc2)[C@@H](C(=O)O)C1.COC(=O)[C@H]1CN(C)C[C@@H]1Cc1ccc(Cl)cc1. The molecule has 190 valence electrons. The Morgan fingerprint density at radius 1 is 0.800 bits per heavy atom. The van der Waals surface area contributed by atoms with Crippen molar-refractivity contribution in [2.75, 3.05) is 47.4 Å². The Labute approximate surface area is 217 Å². The zero-order valence-electron chi connectivity index (χ0n) is 20.5. The summed E-state index contributed by atoms with van der Waals surface area (Å²) in [7, 11) is 5.47. The number of esters is 1. The highest BCUT2D eigenvalue weighted by atomic mass is 35.5. The first-order chi connectivity index (χ1) is 16.7. The zero-order valence-corrected chi connectivity index (χ0v) is 22.0. The van der Waals surface area contributed by atoms with Crippen LogP contribution in [-0.2, 0) is 27.2 Å². The highest BCUT2D eigenvalue weighted by molar-refractivity contribution is 6.30. The van der Waals surface area contributed by atoms with Crippen molar-refractivity contribution in [3.05, 3.63) is 69.7 Å². The smallest absolute Gasteiger partial charge is 0.310 e. The minimum atomic E-state index is -0.687. The zero-order chi connectivity index (χ0) is 25.5. The van der Waals surface area contributed by atoms with Crippen LogP contribution in [0.25, 0.3) is 0 Å². The number of likely N-dealkylation sites (tertiary alicyclic amines) is 2. The Hall–Kier alpha value is -2.12. The Bertz CT molecular complexity index is 984. The lowest BCUT2D eigenvalue weighted by Crippen LogP contribution is -2.25. The second-order valence-electron chi connectivity index (χ2n) is 9.70. The van der Waals surface area contributed by atoms with Gasteiger partial charge in [0.2, 0.25) is 0 Å². The molecule has 6 nitrogen and oxygen atoms in total. The van der Waals surface area contributed by atoms with Crippen molar-refractivity contribution >= 4 is 35.1 Å². The summed E-state index contributed by atoms with van der Waals surface area (Å²) in [6, 6.07) is 15.5. The van der Waals surface area contributed by atoms with Crippen LogP contribution in [0.5, 0.6) is 0 Å². The number of carboxylic acids is 1. The standard InChI is InChI=1S/C14H18ClNO2.C13H16ClNO2/c1-16-8-11(13(9-16)14(17)18-2)7-10-3-5-12(15)6-4-10;1-15-7-10(12(8-15)13(16)17)6-9-2-4-11(14)5-3-9/h3-6,11,13H,7-9H2,1-2H3;2-5,10,12H,6-8H2,1H3,(H,16,17)/t11-,13-;10-,12-/m00/s1. The molecule has 2 aromatic rings. The monoisotopic (exact) mass is 520 g/mol. The van der Waals surface area contributed by atoms with E-state index in [0.29, 0.717) is 17.5 Å². The minimum absolute atomic E-state index is 0.0179. The van der Waals surface area contributed by atoms with E-state index >= 15 is 0 Å². The average molecular weight is 521 g/mol. The minimum Gasteiger partial charge on any atom is -0.481 e. The maximum atomic E-state index is 11.7. The molecule has 2 heterocycles. The van der Waals surface area contributed by atoms with Crippen LogP contribution in [0.1, 0.15) is 11.1 Å². The van der Waals surface area contributed by atoms with Crippen LogP contribution in [0.15, 0.2) is 48.5 Å². The Morgan fingerprint density at radius 3 is 1.60 bits per heavy atom. The maximum Gasteiger partial charge on any atom is 0.310 e. The summed E-state index contributed by atoms with van der Waals surface area (Å²) in [6.07, 6.45) is 1.69. The third-order valence-electron chi connectivity index (χ3n) is 6.89. The molecular weight excluding hydrogens is 487 g/mol. The molecule has 0 bridgehead atoms. The highest BCUT2D eigenvalue weighted by Crippen LogP contribution is 2.28. The molecule has 8 heteroatoms. The predicted molar refractivity (Wildman–Crippen MR) is 139 cm³/mol. The molecule has 0 amide bonds. The van der Waals surface area contributed by atoms with Crippen molar-refractivity contribution in [3.63, 3.8) is 0 Å². The van der Waals surface area contributed by atoms with Crippen LogP contribution in [0.4, 0.5) is 0 Å². The Morgan fingerprint density at radius 2 is 1.20 bits per heavy atom. The van der Waals surface area contributed by atoms with E-state index in [4.69, 9.17) is 27.9 Å². The Kier molecular flexibility index (Phi) is 9.99. The normalized spacial score (nSPS) is 24.6. The number of benzene rings is 2. The number of carbonyl (C=O) groups is 2. The lowest BCUT2D eigenvalue weighted by atomic mass is 9.90. The van der Waals surface area contributed by atoms with Gasteiger partial charge < -0.3 is 19.6 Å². The molecule has 1 N–H and O–H groups in total. The summed E-state index contributed by atoms with van der Waals surface area (Å²) < 4.78 is 4.88. The molecule has 2 aromatic carbocycles. The van der Waals surface area contributed by atoms with Gasteiger partial charge >= 0.3 is 11.9 Å². The first-order valence-electron chi connectivity index (χ1n) is 11.8. The van der Waals surface area contributed by atoms with E-state index < -0.39 is 5.97 Å². The van der Waals surface area contributed by atoms with Gasteiger partial charge in [-0.05, 0) is 74.2 Å². The van der Waals surface area contributed by atoms with E-state index in [1.165, 1.54) is 12.7 Å². The van der Waals surface area contributed by atoms with Crippen LogP contribution in [0.2, 0.25) is 10.0 Å². The molecule has 0 radical (unpaired) electrons. The molecule has 0 saturated carbocycles. The van der Waals surface area contributed by atoms with E-state index in [9.17, 15) is 14.7 Å². The number of rotatable bonds is 6. The largest absolute Gasteiger partial charge is 0.481 e. The van der Waals surface area contributed by atoms with Gasteiger partial charge in [0.15, 0.2) is 0 Å². The first-order valence-corrected chi connectivity index (χ1v) is 12.6. The molecule has 0 aromatic heterocycles. The van der Waals surface area contributed by atoms with Gasteiger partial charge in [-0.2, -0.15) is 0 Å². The van der Waals surface area contributed by atoms with Crippen molar-refractivity contribution in [1.82, 2.24) is 9.80 Å².